The van der Waals surface area contributed by atoms with E-state index in [2.05, 4.69) is 63.3 Å². The highest BCUT2D eigenvalue weighted by atomic mass is 79.9. The Morgan fingerprint density at radius 3 is 2.89 bits per heavy atom. The normalized spacial score (nSPS) is 26.5. The van der Waals surface area contributed by atoms with Gasteiger partial charge in [0.25, 0.3) is 0 Å². The molecule has 19 heavy (non-hydrogen) atoms. The Bertz CT molecular complexity index is 461. The first-order valence-electron chi connectivity index (χ1n) is 7.12. The van der Waals surface area contributed by atoms with Gasteiger partial charge in [-0.3, -0.25) is 4.90 Å². The summed E-state index contributed by atoms with van der Waals surface area (Å²) < 4.78 is 1.14. The topological polar surface area (TPSA) is 18.5 Å². The second-order valence-corrected chi connectivity index (χ2v) is 6.76. The van der Waals surface area contributed by atoms with Gasteiger partial charge in [-0.15, -0.1) is 0 Å². The Morgan fingerprint density at radius 2 is 2.11 bits per heavy atom. The molecule has 3 rings (SSSR count). The molecule has 1 aromatic carbocycles. The molecular weight excluding hydrogens is 302 g/mol. The van der Waals surface area contributed by atoms with Crippen molar-refractivity contribution in [1.82, 2.24) is 4.90 Å². The maximum Gasteiger partial charge on any atom is 0.0597 e. The molecule has 104 valence electrons. The molecule has 0 aliphatic carbocycles. The minimum absolute atomic E-state index is 0.607. The fraction of sp³-hybridized carbons (Fsp3) is 0.600. The van der Waals surface area contributed by atoms with Gasteiger partial charge in [-0.1, -0.05) is 15.9 Å². The van der Waals surface area contributed by atoms with Crippen LogP contribution in [0.4, 0.5) is 11.4 Å². The molecule has 0 spiro atoms. The highest BCUT2D eigenvalue weighted by Crippen LogP contribution is 2.34. The molecule has 0 saturated carbocycles. The fourth-order valence-corrected chi connectivity index (χ4v) is 3.83. The predicted molar refractivity (Wildman–Crippen MR) is 85.1 cm³/mol. The van der Waals surface area contributed by atoms with Gasteiger partial charge in [-0.05, 0) is 44.0 Å². The summed E-state index contributed by atoms with van der Waals surface area (Å²) >= 11 is 3.58. The summed E-state index contributed by atoms with van der Waals surface area (Å²) in [7, 11) is 4.20. The van der Waals surface area contributed by atoms with Crippen molar-refractivity contribution in [2.24, 2.45) is 0 Å². The first-order valence-corrected chi connectivity index (χ1v) is 7.92. The van der Waals surface area contributed by atoms with E-state index in [0.717, 1.165) is 10.5 Å². The molecule has 1 N–H and O–H groups in total. The number of halogens is 1. The average molecular weight is 324 g/mol. The van der Waals surface area contributed by atoms with E-state index in [-0.39, 0.29) is 0 Å². The van der Waals surface area contributed by atoms with Crippen molar-refractivity contribution in [3.63, 3.8) is 0 Å². The molecule has 3 nitrogen and oxygen atoms in total. The quantitative estimate of drug-likeness (QED) is 0.921. The van der Waals surface area contributed by atoms with E-state index in [1.54, 1.807) is 0 Å². The van der Waals surface area contributed by atoms with Gasteiger partial charge in [0, 0.05) is 37.2 Å². The molecular formula is C15H22BrN3. The molecule has 1 aromatic rings. The zero-order valence-corrected chi connectivity index (χ0v) is 13.3. The van der Waals surface area contributed by atoms with Crippen LogP contribution in [-0.2, 0) is 0 Å². The van der Waals surface area contributed by atoms with Crippen LogP contribution in [-0.4, -0.2) is 44.2 Å². The summed E-state index contributed by atoms with van der Waals surface area (Å²) in [6, 6.07) is 7.84. The largest absolute Gasteiger partial charge is 0.379 e. The van der Waals surface area contributed by atoms with Crippen LogP contribution in [0.25, 0.3) is 0 Å². The maximum absolute atomic E-state index is 3.79. The average Bonchev–Trinajstić information content (AvgIpc) is 2.94. The van der Waals surface area contributed by atoms with Gasteiger partial charge in [0.15, 0.2) is 0 Å². The van der Waals surface area contributed by atoms with Gasteiger partial charge in [0.2, 0.25) is 0 Å². The first-order chi connectivity index (χ1) is 9.15. The van der Waals surface area contributed by atoms with Crippen LogP contribution in [0.2, 0.25) is 0 Å². The summed E-state index contributed by atoms with van der Waals surface area (Å²) in [6.07, 6.45) is 3.98. The smallest absolute Gasteiger partial charge is 0.0597 e. The van der Waals surface area contributed by atoms with Crippen molar-refractivity contribution < 1.29 is 0 Å². The van der Waals surface area contributed by atoms with Crippen LogP contribution in [0, 0.1) is 0 Å². The molecule has 0 radical (unpaired) electrons. The second-order valence-electron chi connectivity index (χ2n) is 5.84. The van der Waals surface area contributed by atoms with Crippen molar-refractivity contribution in [3.8, 4) is 0 Å². The number of benzene rings is 1. The minimum atomic E-state index is 0.607. The molecule has 0 amide bonds. The summed E-state index contributed by atoms with van der Waals surface area (Å²) in [6.45, 7) is 2.55. The van der Waals surface area contributed by atoms with Crippen LogP contribution >= 0.6 is 15.9 Å². The Hall–Kier alpha value is -0.740. The van der Waals surface area contributed by atoms with E-state index in [1.165, 1.54) is 43.7 Å². The van der Waals surface area contributed by atoms with Gasteiger partial charge in [-0.25, -0.2) is 0 Å². The highest BCUT2D eigenvalue weighted by Gasteiger charge is 2.37. The fourth-order valence-electron chi connectivity index (χ4n) is 3.46. The lowest BCUT2D eigenvalue weighted by Gasteiger charge is -2.25. The van der Waals surface area contributed by atoms with E-state index in [0.29, 0.717) is 6.04 Å². The molecule has 4 heteroatoms. The van der Waals surface area contributed by atoms with Crippen molar-refractivity contribution in [2.45, 2.75) is 31.3 Å². The van der Waals surface area contributed by atoms with Gasteiger partial charge >= 0.3 is 0 Å². The molecule has 2 heterocycles. The first kappa shape index (κ1) is 13.3. The van der Waals surface area contributed by atoms with Crippen LogP contribution < -0.4 is 10.2 Å². The molecule has 2 saturated heterocycles. The third kappa shape index (κ3) is 2.61. The molecule has 0 bridgehead atoms. The third-order valence-electron chi connectivity index (χ3n) is 4.39. The molecule has 2 aliphatic rings. The van der Waals surface area contributed by atoms with Crippen molar-refractivity contribution in [1.29, 1.82) is 0 Å². The maximum atomic E-state index is 3.79. The highest BCUT2D eigenvalue weighted by molar-refractivity contribution is 9.10. The summed E-state index contributed by atoms with van der Waals surface area (Å²) in [5.41, 5.74) is 2.51. The van der Waals surface area contributed by atoms with Gasteiger partial charge < -0.3 is 10.2 Å². The third-order valence-corrected chi connectivity index (χ3v) is 4.88. The molecule has 2 fully saturated rings. The van der Waals surface area contributed by atoms with E-state index in [1.807, 2.05) is 0 Å². The lowest BCUT2D eigenvalue weighted by Crippen LogP contribution is -2.34. The number of nitrogens with one attached hydrogen (secondary N) is 1. The van der Waals surface area contributed by atoms with Crippen LogP contribution in [0.3, 0.4) is 0 Å². The number of anilines is 2. The number of nitrogens with zero attached hydrogens (tertiary/aromatic N) is 2. The van der Waals surface area contributed by atoms with Gasteiger partial charge in [-0.2, -0.15) is 0 Å². The predicted octanol–water partition coefficient (Wildman–Crippen LogP) is 3.16. The zero-order chi connectivity index (χ0) is 13.4. The Labute approximate surface area is 124 Å². The SMILES string of the molecule is CN(C)c1ccc(Br)cc1NC1CCN2CCCC12. The number of fused-ring (bicyclic) bond motifs is 1. The Morgan fingerprint density at radius 1 is 1.26 bits per heavy atom. The summed E-state index contributed by atoms with van der Waals surface area (Å²) in [5.74, 6) is 0. The van der Waals surface area contributed by atoms with Crippen molar-refractivity contribution >= 4 is 27.3 Å². The Balaban J connectivity index is 1.81. The van der Waals surface area contributed by atoms with Crippen molar-refractivity contribution in [3.05, 3.63) is 22.7 Å². The van der Waals surface area contributed by atoms with E-state index in [9.17, 15) is 0 Å². The monoisotopic (exact) mass is 323 g/mol. The Kier molecular flexibility index (Phi) is 3.72. The number of hydrogen-bond donors (Lipinski definition) is 1. The van der Waals surface area contributed by atoms with Gasteiger partial charge in [0.1, 0.15) is 0 Å². The van der Waals surface area contributed by atoms with E-state index < -0.39 is 0 Å². The molecule has 2 unspecified atom stereocenters. The molecule has 2 atom stereocenters. The number of rotatable bonds is 3. The molecule has 0 aromatic heterocycles. The number of hydrogen-bond acceptors (Lipinski definition) is 3. The van der Waals surface area contributed by atoms with E-state index >= 15 is 0 Å². The lowest BCUT2D eigenvalue weighted by molar-refractivity contribution is 0.318. The summed E-state index contributed by atoms with van der Waals surface area (Å²) in [5, 5.41) is 3.79. The van der Waals surface area contributed by atoms with Crippen LogP contribution in [0.1, 0.15) is 19.3 Å². The zero-order valence-electron chi connectivity index (χ0n) is 11.7. The second kappa shape index (κ2) is 5.33. The lowest BCUT2D eigenvalue weighted by atomic mass is 10.1. The van der Waals surface area contributed by atoms with Crippen molar-refractivity contribution in [2.75, 3.05) is 37.4 Å². The minimum Gasteiger partial charge on any atom is -0.379 e. The van der Waals surface area contributed by atoms with Gasteiger partial charge in [0.05, 0.1) is 11.4 Å². The van der Waals surface area contributed by atoms with E-state index in [4.69, 9.17) is 0 Å². The van der Waals surface area contributed by atoms with Crippen LogP contribution in [0.15, 0.2) is 22.7 Å². The standard InChI is InChI=1S/C15H22BrN3/c1-18(2)14-6-5-11(16)10-13(14)17-12-7-9-19-8-3-4-15(12)19/h5-6,10,12,15,17H,3-4,7-9H2,1-2H3. The summed E-state index contributed by atoms with van der Waals surface area (Å²) in [4.78, 5) is 4.82. The molecule has 2 aliphatic heterocycles. The van der Waals surface area contributed by atoms with Crippen LogP contribution in [0.5, 0.6) is 0 Å².